The first-order valence-corrected chi connectivity index (χ1v) is 8.28. The lowest BCUT2D eigenvalue weighted by atomic mass is 10.0. The van der Waals surface area contributed by atoms with E-state index in [0.717, 1.165) is 22.6 Å². The Morgan fingerprint density at radius 2 is 1.84 bits per heavy atom. The number of aromatic nitrogens is 1. The zero-order valence-electron chi connectivity index (χ0n) is 14.5. The second-order valence-corrected chi connectivity index (χ2v) is 6.04. The van der Waals surface area contributed by atoms with Crippen molar-refractivity contribution < 1.29 is 9.53 Å². The average molecular weight is 334 g/mol. The van der Waals surface area contributed by atoms with Crippen LogP contribution in [-0.2, 0) is 4.79 Å². The number of benzene rings is 2. The molecule has 4 heteroatoms. The molecule has 0 radical (unpaired) electrons. The number of aryl methyl sites for hydroxylation is 1. The Morgan fingerprint density at radius 1 is 1.08 bits per heavy atom. The van der Waals surface area contributed by atoms with Gasteiger partial charge in [-0.2, -0.15) is 0 Å². The molecule has 1 atom stereocenters. The highest BCUT2D eigenvalue weighted by molar-refractivity contribution is 5.91. The number of carbonyl (C=O) groups is 1. The van der Waals surface area contributed by atoms with E-state index in [0.29, 0.717) is 6.42 Å². The smallest absolute Gasteiger partial charge is 0.226 e. The van der Waals surface area contributed by atoms with Crippen molar-refractivity contribution in [3.8, 4) is 5.75 Å². The van der Waals surface area contributed by atoms with E-state index in [1.807, 2.05) is 84.5 Å². The van der Waals surface area contributed by atoms with Gasteiger partial charge >= 0.3 is 0 Å². The monoisotopic (exact) mass is 334 g/mol. The summed E-state index contributed by atoms with van der Waals surface area (Å²) in [4.78, 5) is 12.6. The zero-order chi connectivity index (χ0) is 17.6. The lowest BCUT2D eigenvalue weighted by molar-refractivity contribution is -0.116. The molecule has 1 heterocycles. The largest absolute Gasteiger partial charge is 0.497 e. The first-order chi connectivity index (χ1) is 12.2. The van der Waals surface area contributed by atoms with Crippen LogP contribution in [0.25, 0.3) is 0 Å². The van der Waals surface area contributed by atoms with Crippen LogP contribution >= 0.6 is 0 Å². The van der Waals surface area contributed by atoms with Gasteiger partial charge < -0.3 is 14.6 Å². The number of nitrogens with one attached hydrogen (secondary N) is 1. The highest BCUT2D eigenvalue weighted by Crippen LogP contribution is 2.26. The number of methoxy groups -OCH3 is 1. The molecule has 1 N–H and O–H groups in total. The number of anilines is 1. The molecule has 25 heavy (non-hydrogen) atoms. The summed E-state index contributed by atoms with van der Waals surface area (Å²) in [7, 11) is 1.65. The maximum atomic E-state index is 12.6. The number of rotatable bonds is 6. The Balaban J connectivity index is 1.81. The molecule has 0 fully saturated rings. The van der Waals surface area contributed by atoms with Crippen LogP contribution in [0.15, 0.2) is 73.1 Å². The highest BCUT2D eigenvalue weighted by Gasteiger charge is 2.18. The standard InChI is InChI=1S/C21H22N2O2/c1-16-7-5-9-18(13-16)22-21(24)15-20(23-11-3-4-12-23)17-8-6-10-19(14-17)25-2/h3-14,20H,15H2,1-2H3,(H,22,24)/t20-/m1/s1. The van der Waals surface area contributed by atoms with E-state index in [2.05, 4.69) is 5.32 Å². The lowest BCUT2D eigenvalue weighted by Crippen LogP contribution is -2.19. The van der Waals surface area contributed by atoms with Gasteiger partial charge in [-0.1, -0.05) is 24.3 Å². The first-order valence-electron chi connectivity index (χ1n) is 8.28. The molecule has 128 valence electrons. The molecule has 0 bridgehead atoms. The molecule has 0 saturated heterocycles. The molecule has 2 aromatic carbocycles. The summed E-state index contributed by atoms with van der Waals surface area (Å²) in [5, 5.41) is 2.99. The van der Waals surface area contributed by atoms with Crippen molar-refractivity contribution in [2.24, 2.45) is 0 Å². The van der Waals surface area contributed by atoms with Gasteiger partial charge in [-0.25, -0.2) is 0 Å². The van der Waals surface area contributed by atoms with E-state index >= 15 is 0 Å². The van der Waals surface area contributed by atoms with Gasteiger partial charge in [0.25, 0.3) is 0 Å². The van der Waals surface area contributed by atoms with E-state index in [1.165, 1.54) is 0 Å². The van der Waals surface area contributed by atoms with E-state index in [1.54, 1.807) is 7.11 Å². The summed E-state index contributed by atoms with van der Waals surface area (Å²) in [6.45, 7) is 2.01. The summed E-state index contributed by atoms with van der Waals surface area (Å²) in [5.74, 6) is 0.765. The minimum Gasteiger partial charge on any atom is -0.497 e. The third-order valence-electron chi connectivity index (χ3n) is 4.15. The van der Waals surface area contributed by atoms with Crippen molar-refractivity contribution >= 4 is 11.6 Å². The third-order valence-corrected chi connectivity index (χ3v) is 4.15. The Bertz CT molecular complexity index is 841. The van der Waals surface area contributed by atoms with Crippen LogP contribution in [0.2, 0.25) is 0 Å². The number of nitrogens with zero attached hydrogens (tertiary/aromatic N) is 1. The summed E-state index contributed by atoms with van der Waals surface area (Å²) < 4.78 is 7.37. The summed E-state index contributed by atoms with van der Waals surface area (Å²) >= 11 is 0. The van der Waals surface area contributed by atoms with E-state index in [-0.39, 0.29) is 11.9 Å². The topological polar surface area (TPSA) is 43.3 Å². The Labute approximate surface area is 148 Å². The first kappa shape index (κ1) is 16.8. The van der Waals surface area contributed by atoms with Gasteiger partial charge in [0.05, 0.1) is 19.6 Å². The Kier molecular flexibility index (Phi) is 5.19. The molecule has 3 aromatic rings. The van der Waals surface area contributed by atoms with Crippen molar-refractivity contribution in [3.63, 3.8) is 0 Å². The second-order valence-electron chi connectivity index (χ2n) is 6.04. The fourth-order valence-corrected chi connectivity index (χ4v) is 2.91. The number of carbonyl (C=O) groups excluding carboxylic acids is 1. The van der Waals surface area contributed by atoms with E-state index < -0.39 is 0 Å². The van der Waals surface area contributed by atoms with Crippen LogP contribution in [-0.4, -0.2) is 17.6 Å². The average Bonchev–Trinajstić information content (AvgIpc) is 3.14. The predicted molar refractivity (Wildman–Crippen MR) is 100.0 cm³/mol. The maximum Gasteiger partial charge on any atom is 0.226 e. The fraction of sp³-hybridized carbons (Fsp3) is 0.190. The van der Waals surface area contributed by atoms with Gasteiger partial charge in [0.15, 0.2) is 0 Å². The third kappa shape index (κ3) is 4.29. The highest BCUT2D eigenvalue weighted by atomic mass is 16.5. The minimum atomic E-state index is -0.0880. The number of ether oxygens (including phenoxy) is 1. The van der Waals surface area contributed by atoms with Gasteiger partial charge in [-0.3, -0.25) is 4.79 Å². The molecule has 0 spiro atoms. The molecule has 0 unspecified atom stereocenters. The molecule has 4 nitrogen and oxygen atoms in total. The summed E-state index contributed by atoms with van der Waals surface area (Å²) in [6.07, 6.45) is 4.30. The predicted octanol–water partition coefficient (Wildman–Crippen LogP) is 4.42. The van der Waals surface area contributed by atoms with Crippen molar-refractivity contribution in [2.45, 2.75) is 19.4 Å². The molecule has 0 saturated carbocycles. The van der Waals surface area contributed by atoms with Gasteiger partial charge in [0, 0.05) is 18.1 Å². The van der Waals surface area contributed by atoms with Crippen LogP contribution < -0.4 is 10.1 Å². The van der Waals surface area contributed by atoms with E-state index in [4.69, 9.17) is 4.74 Å². The van der Waals surface area contributed by atoms with Crippen LogP contribution in [0.5, 0.6) is 5.75 Å². The Hall–Kier alpha value is -3.01. The SMILES string of the molecule is COc1cccc([C@@H](CC(=O)Nc2cccc(C)c2)n2cccc2)c1. The van der Waals surface area contributed by atoms with Gasteiger partial charge in [0.2, 0.25) is 5.91 Å². The molecule has 1 amide bonds. The summed E-state index contributed by atoms with van der Waals surface area (Å²) in [6, 6.07) is 19.5. The van der Waals surface area contributed by atoms with Gasteiger partial charge in [0.1, 0.15) is 5.75 Å². The molecular formula is C21H22N2O2. The molecule has 3 rings (SSSR count). The van der Waals surface area contributed by atoms with Crippen molar-refractivity contribution in [2.75, 3.05) is 12.4 Å². The number of amides is 1. The van der Waals surface area contributed by atoms with Gasteiger partial charge in [-0.15, -0.1) is 0 Å². The molecule has 0 aliphatic rings. The number of hydrogen-bond donors (Lipinski definition) is 1. The quantitative estimate of drug-likeness (QED) is 0.725. The van der Waals surface area contributed by atoms with Crippen LogP contribution in [0.1, 0.15) is 23.6 Å². The lowest BCUT2D eigenvalue weighted by Gasteiger charge is -2.20. The second kappa shape index (κ2) is 7.71. The van der Waals surface area contributed by atoms with Crippen LogP contribution in [0.4, 0.5) is 5.69 Å². The van der Waals surface area contributed by atoms with Crippen LogP contribution in [0, 0.1) is 6.92 Å². The molecular weight excluding hydrogens is 312 g/mol. The van der Waals surface area contributed by atoms with Gasteiger partial charge in [-0.05, 0) is 54.4 Å². The fourth-order valence-electron chi connectivity index (χ4n) is 2.91. The molecule has 1 aromatic heterocycles. The maximum absolute atomic E-state index is 12.6. The normalized spacial score (nSPS) is 11.8. The Morgan fingerprint density at radius 3 is 2.56 bits per heavy atom. The van der Waals surface area contributed by atoms with Crippen molar-refractivity contribution in [1.82, 2.24) is 4.57 Å². The molecule has 0 aliphatic heterocycles. The van der Waals surface area contributed by atoms with Crippen molar-refractivity contribution in [1.29, 1.82) is 0 Å². The van der Waals surface area contributed by atoms with E-state index in [9.17, 15) is 4.79 Å². The van der Waals surface area contributed by atoms with Crippen LogP contribution in [0.3, 0.4) is 0 Å². The number of hydrogen-bond acceptors (Lipinski definition) is 2. The minimum absolute atomic E-state index is 0.0212. The zero-order valence-corrected chi connectivity index (χ0v) is 14.5. The summed E-state index contributed by atoms with van der Waals surface area (Å²) in [5.41, 5.74) is 2.98. The van der Waals surface area contributed by atoms with Crippen molar-refractivity contribution in [3.05, 3.63) is 84.2 Å². The molecule has 0 aliphatic carbocycles.